The van der Waals surface area contributed by atoms with Crippen LogP contribution in [0.2, 0.25) is 0 Å². The highest BCUT2D eigenvalue weighted by Gasteiger charge is 2.25. The Morgan fingerprint density at radius 3 is 2.45 bits per heavy atom. The standard InChI is InChI=1S/C21H25N3O6S/c1-5-12-22-21(26)16-8-6-7-9-17(16)23-20(25)14-24(31(4,27)28)18-11-10-15(29-2)13-19(18)30-3/h5-11,13H,1,12,14H2,2-4H3,(H,22,26)(H,23,25). The van der Waals surface area contributed by atoms with E-state index in [4.69, 9.17) is 9.47 Å². The number of rotatable bonds is 10. The van der Waals surface area contributed by atoms with Crippen LogP contribution in [0.5, 0.6) is 11.5 Å². The van der Waals surface area contributed by atoms with Crippen molar-refractivity contribution in [3.63, 3.8) is 0 Å². The predicted octanol–water partition coefficient (Wildman–Crippen LogP) is 2.02. The van der Waals surface area contributed by atoms with Crippen LogP contribution in [0.4, 0.5) is 11.4 Å². The van der Waals surface area contributed by atoms with Gasteiger partial charge >= 0.3 is 0 Å². The van der Waals surface area contributed by atoms with E-state index in [1.54, 1.807) is 30.3 Å². The molecule has 0 saturated carbocycles. The fourth-order valence-electron chi connectivity index (χ4n) is 2.74. The number of benzene rings is 2. The lowest BCUT2D eigenvalue weighted by molar-refractivity contribution is -0.114. The topological polar surface area (TPSA) is 114 Å². The zero-order chi connectivity index (χ0) is 23.0. The molecule has 0 aliphatic carbocycles. The maximum atomic E-state index is 12.7. The molecule has 166 valence electrons. The molecule has 0 heterocycles. The number of sulfonamides is 1. The fraction of sp³-hybridized carbons (Fsp3) is 0.238. The normalized spacial score (nSPS) is 10.7. The third-order valence-corrected chi connectivity index (χ3v) is 5.32. The van der Waals surface area contributed by atoms with E-state index < -0.39 is 28.4 Å². The minimum absolute atomic E-state index is 0.179. The van der Waals surface area contributed by atoms with Crippen LogP contribution in [0.1, 0.15) is 10.4 Å². The molecule has 10 heteroatoms. The van der Waals surface area contributed by atoms with Crippen LogP contribution in [-0.2, 0) is 14.8 Å². The zero-order valence-electron chi connectivity index (χ0n) is 17.5. The Balaban J connectivity index is 2.30. The van der Waals surface area contributed by atoms with Crippen LogP contribution in [0.25, 0.3) is 0 Å². The molecular weight excluding hydrogens is 422 g/mol. The van der Waals surface area contributed by atoms with E-state index >= 15 is 0 Å². The van der Waals surface area contributed by atoms with Crippen molar-refractivity contribution in [2.45, 2.75) is 0 Å². The molecule has 31 heavy (non-hydrogen) atoms. The highest BCUT2D eigenvalue weighted by Crippen LogP contribution is 2.33. The third kappa shape index (κ3) is 6.22. The fourth-order valence-corrected chi connectivity index (χ4v) is 3.60. The maximum Gasteiger partial charge on any atom is 0.253 e. The van der Waals surface area contributed by atoms with E-state index in [9.17, 15) is 18.0 Å². The van der Waals surface area contributed by atoms with Crippen molar-refractivity contribution in [2.24, 2.45) is 0 Å². The first-order chi connectivity index (χ1) is 14.7. The van der Waals surface area contributed by atoms with Crippen molar-refractivity contribution >= 4 is 33.2 Å². The van der Waals surface area contributed by atoms with Gasteiger partial charge in [0.2, 0.25) is 15.9 Å². The SMILES string of the molecule is C=CCNC(=O)c1ccccc1NC(=O)CN(c1ccc(OC)cc1OC)S(C)(=O)=O. The van der Waals surface area contributed by atoms with Gasteiger partial charge in [-0.1, -0.05) is 18.2 Å². The molecule has 2 N–H and O–H groups in total. The maximum absolute atomic E-state index is 12.7. The van der Waals surface area contributed by atoms with Gasteiger partial charge in [0.05, 0.1) is 37.4 Å². The second kappa shape index (κ2) is 10.5. The summed E-state index contributed by atoms with van der Waals surface area (Å²) in [6, 6.07) is 11.0. The Kier molecular flexibility index (Phi) is 8.03. The molecule has 2 amide bonds. The van der Waals surface area contributed by atoms with Gasteiger partial charge in [-0.15, -0.1) is 6.58 Å². The summed E-state index contributed by atoms with van der Waals surface area (Å²) in [6.07, 6.45) is 2.52. The molecule has 0 aromatic heterocycles. The number of carbonyl (C=O) groups is 2. The second-order valence-corrected chi connectivity index (χ2v) is 8.31. The van der Waals surface area contributed by atoms with Crippen molar-refractivity contribution in [3.8, 4) is 11.5 Å². The highest BCUT2D eigenvalue weighted by atomic mass is 32.2. The zero-order valence-corrected chi connectivity index (χ0v) is 18.4. The summed E-state index contributed by atoms with van der Waals surface area (Å²) in [5.41, 5.74) is 0.674. The number of nitrogens with one attached hydrogen (secondary N) is 2. The van der Waals surface area contributed by atoms with E-state index in [0.717, 1.165) is 10.6 Å². The molecule has 2 rings (SSSR count). The van der Waals surface area contributed by atoms with Gasteiger partial charge in [0, 0.05) is 12.6 Å². The lowest BCUT2D eigenvalue weighted by Crippen LogP contribution is -2.38. The first kappa shape index (κ1) is 23.7. The average Bonchev–Trinajstić information content (AvgIpc) is 2.75. The Bertz CT molecular complexity index is 1070. The van der Waals surface area contributed by atoms with E-state index in [1.165, 1.54) is 32.4 Å². The first-order valence-corrected chi connectivity index (χ1v) is 11.0. The first-order valence-electron chi connectivity index (χ1n) is 9.19. The summed E-state index contributed by atoms with van der Waals surface area (Å²) in [5, 5.41) is 5.24. The third-order valence-electron chi connectivity index (χ3n) is 4.20. The van der Waals surface area contributed by atoms with E-state index in [1.807, 2.05) is 0 Å². The summed E-state index contributed by atoms with van der Waals surface area (Å²) >= 11 is 0. The van der Waals surface area contributed by atoms with Crippen LogP contribution in [0.15, 0.2) is 55.1 Å². The van der Waals surface area contributed by atoms with E-state index in [2.05, 4.69) is 17.2 Å². The number of anilines is 2. The number of para-hydroxylation sites is 1. The Morgan fingerprint density at radius 1 is 1.13 bits per heavy atom. The predicted molar refractivity (Wildman–Crippen MR) is 119 cm³/mol. The van der Waals surface area contributed by atoms with Gasteiger partial charge in [-0.25, -0.2) is 8.42 Å². The van der Waals surface area contributed by atoms with Gasteiger partial charge in [0.25, 0.3) is 5.91 Å². The summed E-state index contributed by atoms with van der Waals surface area (Å²) in [4.78, 5) is 25.0. The van der Waals surface area contributed by atoms with Crippen molar-refractivity contribution < 1.29 is 27.5 Å². The van der Waals surface area contributed by atoms with Crippen LogP contribution in [0.3, 0.4) is 0 Å². The Morgan fingerprint density at radius 2 is 1.84 bits per heavy atom. The molecule has 0 radical (unpaired) electrons. The van der Waals surface area contributed by atoms with E-state index in [-0.39, 0.29) is 29.2 Å². The Labute approximate surface area is 181 Å². The van der Waals surface area contributed by atoms with Gasteiger partial charge in [0.15, 0.2) is 0 Å². The summed E-state index contributed by atoms with van der Waals surface area (Å²) in [7, 11) is -0.978. The minimum atomic E-state index is -3.83. The van der Waals surface area contributed by atoms with Crippen LogP contribution in [-0.4, -0.2) is 53.8 Å². The smallest absolute Gasteiger partial charge is 0.253 e. The number of hydrogen-bond acceptors (Lipinski definition) is 6. The van der Waals surface area contributed by atoms with E-state index in [0.29, 0.717) is 5.75 Å². The summed E-state index contributed by atoms with van der Waals surface area (Å²) in [6.45, 7) is 3.28. The molecule has 0 atom stereocenters. The van der Waals surface area contributed by atoms with Gasteiger partial charge in [-0.3, -0.25) is 13.9 Å². The molecule has 0 fully saturated rings. The quantitative estimate of drug-likeness (QED) is 0.539. The van der Waals surface area contributed by atoms with Gasteiger partial charge in [-0.2, -0.15) is 0 Å². The Hall–Kier alpha value is -3.53. The largest absolute Gasteiger partial charge is 0.497 e. The minimum Gasteiger partial charge on any atom is -0.497 e. The van der Waals surface area contributed by atoms with Crippen molar-refractivity contribution in [1.29, 1.82) is 0 Å². The summed E-state index contributed by atoms with van der Waals surface area (Å²) in [5.74, 6) is -0.334. The lowest BCUT2D eigenvalue weighted by Gasteiger charge is -2.24. The molecule has 2 aromatic carbocycles. The van der Waals surface area contributed by atoms with Crippen LogP contribution >= 0.6 is 0 Å². The lowest BCUT2D eigenvalue weighted by atomic mass is 10.1. The molecule has 9 nitrogen and oxygen atoms in total. The van der Waals surface area contributed by atoms with Crippen LogP contribution < -0.4 is 24.4 Å². The number of methoxy groups -OCH3 is 2. The van der Waals surface area contributed by atoms with Crippen molar-refractivity contribution in [3.05, 3.63) is 60.7 Å². The van der Waals surface area contributed by atoms with Gasteiger partial charge in [0.1, 0.15) is 18.0 Å². The molecular formula is C21H25N3O6S. The number of carbonyl (C=O) groups excluding carboxylic acids is 2. The highest BCUT2D eigenvalue weighted by molar-refractivity contribution is 7.92. The molecule has 0 spiro atoms. The second-order valence-electron chi connectivity index (χ2n) is 6.40. The van der Waals surface area contributed by atoms with Crippen molar-refractivity contribution in [1.82, 2.24) is 5.32 Å². The number of ether oxygens (including phenoxy) is 2. The molecule has 0 saturated heterocycles. The number of amides is 2. The molecule has 0 aliphatic rings. The monoisotopic (exact) mass is 447 g/mol. The van der Waals surface area contributed by atoms with Crippen LogP contribution in [0, 0.1) is 0 Å². The van der Waals surface area contributed by atoms with Gasteiger partial charge in [-0.05, 0) is 24.3 Å². The molecule has 0 unspecified atom stereocenters. The van der Waals surface area contributed by atoms with Gasteiger partial charge < -0.3 is 20.1 Å². The van der Waals surface area contributed by atoms with Crippen molar-refractivity contribution in [2.75, 3.05) is 43.2 Å². The summed E-state index contributed by atoms with van der Waals surface area (Å²) < 4.78 is 36.2. The molecule has 0 aliphatic heterocycles. The number of hydrogen-bond donors (Lipinski definition) is 2. The average molecular weight is 448 g/mol. The molecule has 2 aromatic rings. The number of nitrogens with zero attached hydrogens (tertiary/aromatic N) is 1. The molecule has 0 bridgehead atoms.